The molecule has 14 rings (SSSR count). The van der Waals surface area contributed by atoms with Crippen LogP contribution in [0.15, 0.2) is 262 Å². The summed E-state index contributed by atoms with van der Waals surface area (Å²) in [5.41, 5.74) is 22.5. The van der Waals surface area contributed by atoms with Gasteiger partial charge >= 0.3 is 11.9 Å². The summed E-state index contributed by atoms with van der Waals surface area (Å²) >= 11 is 0. The maximum absolute atomic E-state index is 11.3. The first-order valence-electron chi connectivity index (χ1n) is 42.4. The number of ether oxygens (including phenoxy) is 2. The second-order valence-electron chi connectivity index (χ2n) is 31.9. The third-order valence-electron chi connectivity index (χ3n) is 21.2. The Morgan fingerprint density at radius 2 is 0.740 bits per heavy atom. The first-order valence-corrected chi connectivity index (χ1v) is 42.4. The number of carbonyl (C=O) groups is 4. The van der Waals surface area contributed by atoms with Crippen LogP contribution in [0.4, 0.5) is 0 Å². The number of Topliss-reactive ketones (excluding diaryl/α,β-unsaturated/α-hetero) is 1. The number of aliphatic carboxylic acids is 1. The lowest BCUT2D eigenvalue weighted by molar-refractivity contribution is -0.138. The number of carbonyl (C=O) groups excluding carboxylic acids is 2. The standard InChI is InChI=1S/C26H32N2O2.C24H29N3O3.C19H20N2.C18H18N2O.C11H11NO.C8H8O2.2H2S/c1-19-11-13-23(14-12-19)26-27-17-21(3)28(26)18-24-9-5-6-10-25(24)30-15-7-8-20(2)16-22(4)29;1-17(13-23(28)29)7-6-12-30-22-9-5-4-8-21(22)16-27-19(3)14-26-24(27)20-11-10-18(2)25-15-20;1-14-8-10-17(11-9-14)19-20-12-16(3)21(19)13-18-7-5-4-6-15(18)2;1-13-7-9-15(10-8-13)18-19-11-14(2)20(18)12-16-5-3-4-6-17(16)21;1-3-8-12-11(13)10-6-4-9(2)5-7-10;1-6-2-4-7(5-3-6)8(9)10;;/h5-6,9-14,17,20H,7-8,15-16,18H2,1-4H3;4-5,8-11,14-15,17H,6-7,12-13,16H2,1-3H3,(H,28,29);4-12H,13H2,1-3H3;3-11,21H,12H2,1-2H3;1,4-7H,8H2,2H3,(H,12,13);2-5H,1H3,(H,9,10);2*1H2/t20-;17-;;;;;;/m00....../s1. The third-order valence-corrected chi connectivity index (χ3v) is 21.2. The molecule has 0 radical (unpaired) electrons. The zero-order valence-corrected chi connectivity index (χ0v) is 77.6. The van der Waals surface area contributed by atoms with Gasteiger partial charge in [0.15, 0.2) is 0 Å². The zero-order chi connectivity index (χ0) is 89.9. The maximum Gasteiger partial charge on any atom is 0.335 e. The summed E-state index contributed by atoms with van der Waals surface area (Å²) < 4.78 is 21.0. The van der Waals surface area contributed by atoms with Crippen LogP contribution in [-0.2, 0) is 35.8 Å². The Bertz CT molecular complexity index is 5540. The molecule has 0 aliphatic rings. The van der Waals surface area contributed by atoms with Crippen molar-refractivity contribution in [2.45, 2.75) is 162 Å². The summed E-state index contributed by atoms with van der Waals surface area (Å²) in [6.07, 6.45) is 19.0. The predicted molar refractivity (Wildman–Crippen MR) is 522 cm³/mol. The average Bonchev–Trinajstić information content (AvgIpc) is 1.30. The first kappa shape index (κ1) is 101. The number of phenolic OH excluding ortho intramolecular Hbond substituents is 1. The van der Waals surface area contributed by atoms with E-state index in [2.05, 4.69) is 218 Å². The average molecular weight is 1740 g/mol. The van der Waals surface area contributed by atoms with Gasteiger partial charge in [-0.1, -0.05) is 224 Å². The van der Waals surface area contributed by atoms with E-state index in [-0.39, 0.29) is 57.6 Å². The van der Waals surface area contributed by atoms with Gasteiger partial charge < -0.3 is 53.2 Å². The van der Waals surface area contributed by atoms with Crippen molar-refractivity contribution in [1.82, 2.24) is 48.5 Å². The van der Waals surface area contributed by atoms with Crippen LogP contribution in [0.3, 0.4) is 0 Å². The number of aromatic carboxylic acids is 1. The van der Waals surface area contributed by atoms with Crippen LogP contribution in [-0.4, -0.2) is 102 Å². The largest absolute Gasteiger partial charge is 0.508 e. The van der Waals surface area contributed by atoms with Gasteiger partial charge in [0.05, 0.1) is 45.0 Å². The summed E-state index contributed by atoms with van der Waals surface area (Å²) in [4.78, 5) is 66.4. The van der Waals surface area contributed by atoms with E-state index in [1.807, 2.05) is 145 Å². The number of terminal acetylenes is 1. The number of imidazole rings is 4. The van der Waals surface area contributed by atoms with Crippen molar-refractivity contribution in [2.75, 3.05) is 19.8 Å². The summed E-state index contributed by atoms with van der Waals surface area (Å²) in [6, 6.07) is 75.7. The molecule has 9 aromatic carbocycles. The molecule has 21 heteroatoms. The number of nitrogens with zero attached hydrogens (tertiary/aromatic N) is 9. The highest BCUT2D eigenvalue weighted by molar-refractivity contribution is 7.59. The topological polar surface area (TPSA) is 244 Å². The van der Waals surface area contributed by atoms with Gasteiger partial charge in [0, 0.05) is 123 Å². The van der Waals surface area contributed by atoms with Crippen LogP contribution in [0.2, 0.25) is 0 Å². The number of aryl methyl sites for hydroxylation is 11. The van der Waals surface area contributed by atoms with Crippen LogP contribution in [0.5, 0.6) is 17.2 Å². The number of carboxylic acid groups (broad SMARTS) is 2. The lowest BCUT2D eigenvalue weighted by Gasteiger charge is -2.15. The van der Waals surface area contributed by atoms with Crippen LogP contribution in [0.25, 0.3) is 45.6 Å². The number of amides is 1. The van der Waals surface area contributed by atoms with Crippen molar-refractivity contribution in [1.29, 1.82) is 0 Å². The van der Waals surface area contributed by atoms with Crippen LogP contribution >= 0.6 is 27.0 Å². The predicted octanol–water partition coefficient (Wildman–Crippen LogP) is 22.6. The lowest BCUT2D eigenvalue weighted by atomic mass is 10.00. The van der Waals surface area contributed by atoms with Crippen molar-refractivity contribution in [3.63, 3.8) is 0 Å². The molecule has 19 nitrogen and oxygen atoms in total. The minimum absolute atomic E-state index is 0. The molecular weight excluding hydrogens is 1620 g/mol. The van der Waals surface area contributed by atoms with E-state index in [1.54, 1.807) is 49.4 Å². The summed E-state index contributed by atoms with van der Waals surface area (Å²) in [5, 5.41) is 29.9. The van der Waals surface area contributed by atoms with Gasteiger partial charge in [-0.2, -0.15) is 27.0 Å². The Morgan fingerprint density at radius 1 is 0.402 bits per heavy atom. The molecule has 0 aliphatic carbocycles. The van der Waals surface area contributed by atoms with E-state index < -0.39 is 11.9 Å². The Balaban J connectivity index is 0.000000215. The van der Waals surface area contributed by atoms with Crippen LogP contribution in [0, 0.1) is 100 Å². The van der Waals surface area contributed by atoms with Gasteiger partial charge in [-0.15, -0.1) is 6.42 Å². The number of rotatable bonds is 29. The molecule has 14 aromatic rings. The van der Waals surface area contributed by atoms with Gasteiger partial charge in [-0.3, -0.25) is 14.6 Å². The van der Waals surface area contributed by atoms with Gasteiger partial charge in [0.25, 0.3) is 5.91 Å². The number of hydrogen-bond donors (Lipinski definition) is 4. The van der Waals surface area contributed by atoms with Crippen molar-refractivity contribution >= 4 is 50.6 Å². The molecule has 5 aromatic heterocycles. The Morgan fingerprint density at radius 3 is 1.11 bits per heavy atom. The number of para-hydroxylation sites is 3. The van der Waals surface area contributed by atoms with Gasteiger partial charge in [-0.05, 0) is 186 Å². The number of aromatic nitrogens is 9. The number of phenols is 1. The smallest absolute Gasteiger partial charge is 0.335 e. The number of aromatic hydroxyl groups is 1. The molecule has 5 heterocycles. The first-order chi connectivity index (χ1) is 60.1. The number of nitrogens with one attached hydrogen (secondary N) is 1. The Hall–Kier alpha value is -13.3. The minimum Gasteiger partial charge on any atom is -0.508 e. The van der Waals surface area contributed by atoms with Crippen molar-refractivity contribution in [2.24, 2.45) is 11.8 Å². The van der Waals surface area contributed by atoms with E-state index in [0.717, 1.165) is 134 Å². The zero-order valence-electron chi connectivity index (χ0n) is 75.6. The maximum atomic E-state index is 11.3. The number of ketones is 1. The highest BCUT2D eigenvalue weighted by Crippen LogP contribution is 2.31. The molecule has 2 atom stereocenters. The molecular formula is C106H122N10O9S2. The molecule has 0 spiro atoms. The number of hydrogen-bond acceptors (Lipinski definition) is 12. The summed E-state index contributed by atoms with van der Waals surface area (Å²) in [7, 11) is 0. The van der Waals surface area contributed by atoms with E-state index in [9.17, 15) is 24.3 Å². The van der Waals surface area contributed by atoms with Gasteiger partial charge in [0.1, 0.15) is 46.3 Å². The quantitative estimate of drug-likeness (QED) is 0.0252. The molecule has 0 bridgehead atoms. The number of benzene rings is 9. The fourth-order valence-corrected chi connectivity index (χ4v) is 13.8. The fraction of sp³-hybridized carbons (Fsp3) is 0.274. The lowest BCUT2D eigenvalue weighted by Crippen LogP contribution is -2.23. The minimum atomic E-state index is -0.875. The number of carboxylic acids is 2. The van der Waals surface area contributed by atoms with Crippen molar-refractivity contribution in [3.05, 3.63) is 357 Å². The normalized spacial score (nSPS) is 10.9. The third kappa shape index (κ3) is 31.7. The van der Waals surface area contributed by atoms with E-state index in [4.69, 9.17) is 26.1 Å². The second kappa shape index (κ2) is 51.2. The van der Waals surface area contributed by atoms with Crippen LogP contribution in [0.1, 0.15) is 164 Å². The highest BCUT2D eigenvalue weighted by Gasteiger charge is 2.19. The SMILES string of the molecule is C#CCNC(=O)c1ccc(C)cc1.CC(=O)C[C@@H](C)CCCOc1ccccc1Cn1c(C)cnc1-c1ccc(C)cc1.Cc1ccc(-c2ncc(C)n2Cc2ccccc2C)cc1.Cc1ccc(-c2ncc(C)n2Cc2ccccc2O)cc1.Cc1ccc(-c2ncc(C)n2Cc2ccccc2OCCC[C@H](C)CC(=O)O)cn1.Cc1ccc(C(=O)O)cc1.S.S. The summed E-state index contributed by atoms with van der Waals surface area (Å²) in [6.45, 7) is 32.7. The fourth-order valence-electron chi connectivity index (χ4n) is 13.8. The molecule has 0 saturated carbocycles. The summed E-state index contributed by atoms with van der Waals surface area (Å²) in [5.74, 6) is 7.33. The van der Waals surface area contributed by atoms with Crippen molar-refractivity contribution < 1.29 is 44.0 Å². The van der Waals surface area contributed by atoms with Gasteiger partial charge in [0.2, 0.25) is 0 Å². The van der Waals surface area contributed by atoms with E-state index in [1.165, 1.54) is 39.1 Å². The Labute approximate surface area is 763 Å². The van der Waals surface area contributed by atoms with E-state index >= 15 is 0 Å². The molecule has 1 amide bonds. The highest BCUT2D eigenvalue weighted by atomic mass is 32.1. The number of pyridine rings is 1. The van der Waals surface area contributed by atoms with Gasteiger partial charge in [-0.25, -0.2) is 24.7 Å². The molecule has 662 valence electrons. The van der Waals surface area contributed by atoms with Crippen LogP contribution < -0.4 is 14.8 Å². The molecule has 0 fully saturated rings. The molecule has 0 unspecified atom stereocenters. The monoisotopic (exact) mass is 1740 g/mol. The van der Waals surface area contributed by atoms with Crippen molar-refractivity contribution in [3.8, 4) is 75.1 Å². The molecule has 127 heavy (non-hydrogen) atoms. The van der Waals surface area contributed by atoms with E-state index in [0.29, 0.717) is 62.1 Å². The molecule has 0 saturated heterocycles. The second-order valence-corrected chi connectivity index (χ2v) is 31.9. The molecule has 4 N–H and O–H groups in total. The molecule has 0 aliphatic heterocycles. The Kier molecular flexibility index (Phi) is 40.7.